The van der Waals surface area contributed by atoms with Crippen LogP contribution in [0.15, 0.2) is 24.3 Å². The molecule has 5 nitrogen and oxygen atoms in total. The van der Waals surface area contributed by atoms with Crippen LogP contribution in [0.3, 0.4) is 0 Å². The second kappa shape index (κ2) is 7.05. The molecule has 108 valence electrons. The van der Waals surface area contributed by atoms with Crippen molar-refractivity contribution in [3.8, 4) is 0 Å². The predicted octanol–water partition coefficient (Wildman–Crippen LogP) is 0.692. The van der Waals surface area contributed by atoms with Crippen molar-refractivity contribution >= 4 is 17.5 Å². The minimum Gasteiger partial charge on any atom is -0.347 e. The van der Waals surface area contributed by atoms with Crippen LogP contribution in [0, 0.1) is 0 Å². The molecule has 1 aliphatic rings. The minimum atomic E-state index is -0.0991. The third-order valence-corrected chi connectivity index (χ3v) is 3.45. The Labute approximate surface area is 119 Å². The fraction of sp³-hybridized carbons (Fsp3) is 0.467. The molecule has 0 aliphatic carbocycles. The van der Waals surface area contributed by atoms with Gasteiger partial charge in [0.2, 0.25) is 11.8 Å². The zero-order valence-electron chi connectivity index (χ0n) is 11.8. The van der Waals surface area contributed by atoms with E-state index in [2.05, 4.69) is 16.7 Å². The predicted molar refractivity (Wildman–Crippen MR) is 78.7 cm³/mol. The van der Waals surface area contributed by atoms with Crippen molar-refractivity contribution in [1.29, 1.82) is 0 Å². The van der Waals surface area contributed by atoms with Gasteiger partial charge in [-0.3, -0.25) is 9.59 Å². The molecule has 1 aromatic carbocycles. The van der Waals surface area contributed by atoms with E-state index >= 15 is 0 Å². The SMILES string of the molecule is CNCCC(=O)NCC(=O)N1CCCc2ccccc21. The van der Waals surface area contributed by atoms with Gasteiger partial charge in [-0.15, -0.1) is 0 Å². The van der Waals surface area contributed by atoms with E-state index in [9.17, 15) is 9.59 Å². The number of nitrogens with one attached hydrogen (secondary N) is 2. The van der Waals surface area contributed by atoms with E-state index in [1.165, 1.54) is 5.56 Å². The third kappa shape index (κ3) is 3.57. The molecule has 0 bridgehead atoms. The van der Waals surface area contributed by atoms with Crippen LogP contribution in [-0.2, 0) is 16.0 Å². The number of carbonyl (C=O) groups excluding carboxylic acids is 2. The van der Waals surface area contributed by atoms with E-state index in [1.807, 2.05) is 18.2 Å². The third-order valence-electron chi connectivity index (χ3n) is 3.45. The van der Waals surface area contributed by atoms with Crippen molar-refractivity contribution in [2.75, 3.05) is 31.6 Å². The molecular weight excluding hydrogens is 254 g/mol. The minimum absolute atomic E-state index is 0.0463. The molecule has 2 amide bonds. The standard InChI is InChI=1S/C15H21N3O2/c1-16-9-8-14(19)17-11-15(20)18-10-4-6-12-5-2-3-7-13(12)18/h2-3,5,7,16H,4,6,8-11H2,1H3,(H,17,19). The van der Waals surface area contributed by atoms with E-state index < -0.39 is 0 Å². The van der Waals surface area contributed by atoms with E-state index in [4.69, 9.17) is 0 Å². The molecule has 1 aliphatic heterocycles. The summed E-state index contributed by atoms with van der Waals surface area (Å²) in [4.78, 5) is 25.5. The summed E-state index contributed by atoms with van der Waals surface area (Å²) in [5.41, 5.74) is 2.18. The topological polar surface area (TPSA) is 61.4 Å². The fourth-order valence-electron chi connectivity index (χ4n) is 2.39. The maximum atomic E-state index is 12.2. The van der Waals surface area contributed by atoms with Crippen molar-refractivity contribution in [3.63, 3.8) is 0 Å². The Morgan fingerprint density at radius 2 is 2.10 bits per heavy atom. The summed E-state index contributed by atoms with van der Waals surface area (Å²) in [7, 11) is 1.79. The molecule has 2 rings (SSSR count). The second-order valence-electron chi connectivity index (χ2n) is 4.91. The fourth-order valence-corrected chi connectivity index (χ4v) is 2.39. The Hall–Kier alpha value is -1.88. The van der Waals surface area contributed by atoms with Gasteiger partial charge in [-0.25, -0.2) is 0 Å². The average molecular weight is 275 g/mol. The molecule has 0 unspecified atom stereocenters. The highest BCUT2D eigenvalue weighted by atomic mass is 16.2. The molecule has 2 N–H and O–H groups in total. The summed E-state index contributed by atoms with van der Waals surface area (Å²) in [6.07, 6.45) is 2.37. The normalized spacial score (nSPS) is 13.8. The molecular formula is C15H21N3O2. The van der Waals surface area contributed by atoms with Gasteiger partial charge in [0.1, 0.15) is 0 Å². The molecule has 20 heavy (non-hydrogen) atoms. The largest absolute Gasteiger partial charge is 0.347 e. The highest BCUT2D eigenvalue weighted by Crippen LogP contribution is 2.26. The van der Waals surface area contributed by atoms with Gasteiger partial charge >= 0.3 is 0 Å². The van der Waals surface area contributed by atoms with Crippen LogP contribution >= 0.6 is 0 Å². The van der Waals surface area contributed by atoms with Gasteiger partial charge in [0.05, 0.1) is 6.54 Å². The molecule has 1 heterocycles. The Bertz CT molecular complexity index is 488. The summed E-state index contributed by atoms with van der Waals surface area (Å²) >= 11 is 0. The molecule has 0 aromatic heterocycles. The van der Waals surface area contributed by atoms with Gasteiger partial charge < -0.3 is 15.5 Å². The second-order valence-corrected chi connectivity index (χ2v) is 4.91. The van der Waals surface area contributed by atoms with E-state index in [0.29, 0.717) is 13.0 Å². The molecule has 0 radical (unpaired) electrons. The molecule has 0 saturated carbocycles. The van der Waals surface area contributed by atoms with Crippen molar-refractivity contribution in [3.05, 3.63) is 29.8 Å². The Balaban J connectivity index is 1.92. The van der Waals surface area contributed by atoms with Gasteiger partial charge in [0, 0.05) is 25.2 Å². The van der Waals surface area contributed by atoms with Crippen LogP contribution in [0.25, 0.3) is 0 Å². The first-order valence-corrected chi connectivity index (χ1v) is 7.02. The van der Waals surface area contributed by atoms with Crippen molar-refractivity contribution < 1.29 is 9.59 Å². The zero-order chi connectivity index (χ0) is 14.4. The van der Waals surface area contributed by atoms with E-state index in [1.54, 1.807) is 11.9 Å². The Morgan fingerprint density at radius 1 is 1.30 bits per heavy atom. The highest BCUT2D eigenvalue weighted by Gasteiger charge is 2.21. The van der Waals surface area contributed by atoms with Crippen LogP contribution in [0.2, 0.25) is 0 Å². The molecule has 0 saturated heterocycles. The number of benzene rings is 1. The number of hydrogen-bond donors (Lipinski definition) is 2. The van der Waals surface area contributed by atoms with Crippen LogP contribution in [0.4, 0.5) is 5.69 Å². The van der Waals surface area contributed by atoms with Crippen LogP contribution in [0.1, 0.15) is 18.4 Å². The first-order chi connectivity index (χ1) is 9.72. The average Bonchev–Trinajstić information content (AvgIpc) is 2.50. The van der Waals surface area contributed by atoms with Gasteiger partial charge in [-0.05, 0) is 31.5 Å². The van der Waals surface area contributed by atoms with Crippen molar-refractivity contribution in [2.45, 2.75) is 19.3 Å². The number of fused-ring (bicyclic) bond motifs is 1. The van der Waals surface area contributed by atoms with E-state index in [0.717, 1.165) is 25.1 Å². The number of hydrogen-bond acceptors (Lipinski definition) is 3. The van der Waals surface area contributed by atoms with Gasteiger partial charge in [0.25, 0.3) is 0 Å². The number of anilines is 1. The van der Waals surface area contributed by atoms with Crippen LogP contribution in [0.5, 0.6) is 0 Å². The Morgan fingerprint density at radius 3 is 2.90 bits per heavy atom. The highest BCUT2D eigenvalue weighted by molar-refractivity contribution is 5.97. The van der Waals surface area contributed by atoms with Gasteiger partial charge in [-0.2, -0.15) is 0 Å². The van der Waals surface area contributed by atoms with Gasteiger partial charge in [-0.1, -0.05) is 18.2 Å². The lowest BCUT2D eigenvalue weighted by atomic mass is 10.0. The van der Waals surface area contributed by atoms with Crippen molar-refractivity contribution in [2.24, 2.45) is 0 Å². The first kappa shape index (κ1) is 14.5. The quantitative estimate of drug-likeness (QED) is 0.831. The molecule has 0 atom stereocenters. The number of para-hydroxylation sites is 1. The lowest BCUT2D eigenvalue weighted by Crippen LogP contribution is -2.42. The molecule has 5 heteroatoms. The summed E-state index contributed by atoms with van der Waals surface area (Å²) < 4.78 is 0. The first-order valence-electron chi connectivity index (χ1n) is 7.02. The zero-order valence-corrected chi connectivity index (χ0v) is 11.8. The van der Waals surface area contributed by atoms with E-state index in [-0.39, 0.29) is 18.4 Å². The summed E-state index contributed by atoms with van der Waals surface area (Å²) in [5.74, 6) is -0.145. The smallest absolute Gasteiger partial charge is 0.246 e. The lowest BCUT2D eigenvalue weighted by molar-refractivity contribution is -0.124. The monoisotopic (exact) mass is 275 g/mol. The molecule has 0 spiro atoms. The lowest BCUT2D eigenvalue weighted by Gasteiger charge is -2.29. The summed E-state index contributed by atoms with van der Waals surface area (Å²) in [5, 5.41) is 5.58. The van der Waals surface area contributed by atoms with Crippen molar-refractivity contribution in [1.82, 2.24) is 10.6 Å². The maximum absolute atomic E-state index is 12.2. The number of rotatable bonds is 5. The van der Waals surface area contributed by atoms with Crippen LogP contribution < -0.4 is 15.5 Å². The van der Waals surface area contributed by atoms with Crippen LogP contribution in [-0.4, -0.2) is 38.5 Å². The number of carbonyl (C=O) groups is 2. The maximum Gasteiger partial charge on any atom is 0.246 e. The summed E-state index contributed by atoms with van der Waals surface area (Å²) in [6, 6.07) is 7.96. The number of amides is 2. The number of nitrogens with zero attached hydrogens (tertiary/aromatic N) is 1. The number of aryl methyl sites for hydroxylation is 1. The molecule has 0 fully saturated rings. The molecule has 1 aromatic rings. The summed E-state index contributed by atoms with van der Waals surface area (Å²) in [6.45, 7) is 1.41. The van der Waals surface area contributed by atoms with Gasteiger partial charge in [0.15, 0.2) is 0 Å². The Kier molecular flexibility index (Phi) is 5.12.